The second kappa shape index (κ2) is 7.37. The fourth-order valence-electron chi connectivity index (χ4n) is 1.34. The number of carbonyl (C=O) groups is 3. The first kappa shape index (κ1) is 20.9. The predicted octanol–water partition coefficient (Wildman–Crippen LogP) is 2.94. The van der Waals surface area contributed by atoms with E-state index in [0.717, 1.165) is 13.2 Å². The molecular formula is C12H6F4I2O6. The largest absolute Gasteiger partial charge is 0.477 e. The van der Waals surface area contributed by atoms with Gasteiger partial charge in [0, 0.05) is 3.57 Å². The molecule has 12 heteroatoms. The Balaban J connectivity index is 3.34. The van der Waals surface area contributed by atoms with Crippen molar-refractivity contribution in [1.82, 2.24) is 0 Å². The zero-order chi connectivity index (χ0) is 18.9. The minimum absolute atomic E-state index is 0.0253. The van der Waals surface area contributed by atoms with Gasteiger partial charge in [-0.05, 0) is 57.3 Å². The number of aliphatic carboxylic acids is 1. The van der Waals surface area contributed by atoms with Crippen molar-refractivity contribution in [2.24, 2.45) is 0 Å². The van der Waals surface area contributed by atoms with Gasteiger partial charge in [-0.3, -0.25) is 0 Å². The van der Waals surface area contributed by atoms with Crippen LogP contribution in [-0.4, -0.2) is 42.0 Å². The van der Waals surface area contributed by atoms with Crippen LogP contribution in [0.2, 0.25) is 0 Å². The maximum absolute atomic E-state index is 13.4. The number of benzene rings is 1. The van der Waals surface area contributed by atoms with Crippen molar-refractivity contribution in [2.75, 3.05) is 7.11 Å². The third-order valence-corrected chi connectivity index (χ3v) is 3.95. The predicted molar refractivity (Wildman–Crippen MR) is 86.4 cm³/mol. The molecule has 1 N–H and O–H groups in total. The van der Waals surface area contributed by atoms with Crippen LogP contribution in [0.1, 0.15) is 10.4 Å². The summed E-state index contributed by atoms with van der Waals surface area (Å²) in [6.45, 7) is 0. The Bertz CT molecular complexity index is 707. The van der Waals surface area contributed by atoms with Crippen LogP contribution in [0.25, 0.3) is 0 Å². The van der Waals surface area contributed by atoms with Gasteiger partial charge in [0.05, 0.1) is 10.7 Å². The van der Waals surface area contributed by atoms with Gasteiger partial charge in [0.25, 0.3) is 0 Å². The number of alkyl halides is 4. The Hall–Kier alpha value is -1.19. The van der Waals surface area contributed by atoms with Crippen LogP contribution in [0.5, 0.6) is 5.75 Å². The van der Waals surface area contributed by atoms with Gasteiger partial charge in [-0.25, -0.2) is 14.4 Å². The maximum Gasteiger partial charge on any atom is 0.416 e. The summed E-state index contributed by atoms with van der Waals surface area (Å²) in [4.78, 5) is 33.3. The molecular weight excluding hydrogens is 570 g/mol. The van der Waals surface area contributed by atoms with E-state index in [4.69, 9.17) is 5.11 Å². The molecule has 0 fully saturated rings. The Labute approximate surface area is 158 Å². The molecule has 0 atom stereocenters. The first-order chi connectivity index (χ1) is 10.9. The highest BCUT2D eigenvalue weighted by Gasteiger charge is 2.69. The molecule has 0 aliphatic rings. The Morgan fingerprint density at radius 1 is 1.08 bits per heavy atom. The summed E-state index contributed by atoms with van der Waals surface area (Å²) in [7, 11) is 0.966. The number of rotatable bonds is 5. The van der Waals surface area contributed by atoms with E-state index >= 15 is 0 Å². The van der Waals surface area contributed by atoms with E-state index in [1.165, 1.54) is 28.7 Å². The van der Waals surface area contributed by atoms with Gasteiger partial charge >= 0.3 is 29.8 Å². The molecule has 0 bridgehead atoms. The number of hydrogen-bond donors (Lipinski definition) is 1. The smallest absolute Gasteiger partial charge is 0.416 e. The molecule has 0 saturated carbocycles. The number of carboxylic acids is 1. The lowest BCUT2D eigenvalue weighted by Crippen LogP contribution is -2.54. The molecule has 0 unspecified atom stereocenters. The molecule has 0 aliphatic heterocycles. The second-order valence-corrected chi connectivity index (χ2v) is 6.51. The average Bonchev–Trinajstić information content (AvgIpc) is 2.48. The lowest BCUT2D eigenvalue weighted by molar-refractivity contribution is -0.229. The molecule has 6 nitrogen and oxygen atoms in total. The molecule has 0 heterocycles. The fourth-order valence-corrected chi connectivity index (χ4v) is 3.30. The van der Waals surface area contributed by atoms with E-state index in [1.54, 1.807) is 22.6 Å². The van der Waals surface area contributed by atoms with Gasteiger partial charge < -0.3 is 14.6 Å². The van der Waals surface area contributed by atoms with E-state index in [-0.39, 0.29) is 3.57 Å². The summed E-state index contributed by atoms with van der Waals surface area (Å²) >= 11 is 3.29. The third-order valence-electron chi connectivity index (χ3n) is 2.53. The standard InChI is InChI=1S/C12H6F4I2O6/c1-23-8(19)5-2-4(17)3-6(18)7(5)24-10(22)12(15,16)11(13,14)9(20)21/h2-3H,1H3,(H,20,21). The molecule has 1 aromatic rings. The Morgan fingerprint density at radius 2 is 1.62 bits per heavy atom. The molecule has 0 aliphatic carbocycles. The minimum Gasteiger partial charge on any atom is -0.477 e. The number of ether oxygens (including phenoxy) is 2. The summed E-state index contributed by atoms with van der Waals surface area (Å²) in [5, 5.41) is 8.15. The van der Waals surface area contributed by atoms with Crippen LogP contribution >= 0.6 is 45.2 Å². The SMILES string of the molecule is COC(=O)c1cc(I)cc(I)c1OC(=O)C(F)(F)C(F)(F)C(=O)O. The summed E-state index contributed by atoms with van der Waals surface area (Å²) in [5.74, 6) is -19.2. The molecule has 24 heavy (non-hydrogen) atoms. The number of halogens is 6. The lowest BCUT2D eigenvalue weighted by Gasteiger charge is -2.21. The summed E-state index contributed by atoms with van der Waals surface area (Å²) in [6.07, 6.45) is 0. The van der Waals surface area contributed by atoms with Gasteiger partial charge in [0.1, 0.15) is 5.56 Å². The van der Waals surface area contributed by atoms with Crippen molar-refractivity contribution in [3.05, 3.63) is 24.8 Å². The van der Waals surface area contributed by atoms with Gasteiger partial charge in [0.2, 0.25) is 0 Å². The summed E-state index contributed by atoms with van der Waals surface area (Å²) in [6, 6.07) is 2.42. The first-order valence-electron chi connectivity index (χ1n) is 5.65. The van der Waals surface area contributed by atoms with Crippen LogP contribution in [0, 0.1) is 7.14 Å². The van der Waals surface area contributed by atoms with Crippen molar-refractivity contribution in [3.63, 3.8) is 0 Å². The molecule has 1 rings (SSSR count). The van der Waals surface area contributed by atoms with Crippen molar-refractivity contribution >= 4 is 63.1 Å². The van der Waals surface area contributed by atoms with Gasteiger partial charge in [0.15, 0.2) is 5.75 Å². The summed E-state index contributed by atoms with van der Waals surface area (Å²) in [5.41, 5.74) is -0.461. The normalized spacial score (nSPS) is 11.8. The van der Waals surface area contributed by atoms with Crippen LogP contribution in [0.3, 0.4) is 0 Å². The van der Waals surface area contributed by atoms with E-state index < -0.39 is 41.1 Å². The molecule has 0 aromatic heterocycles. The van der Waals surface area contributed by atoms with Crippen molar-refractivity contribution in [2.45, 2.75) is 11.8 Å². The van der Waals surface area contributed by atoms with Crippen LogP contribution in [0.4, 0.5) is 17.6 Å². The number of methoxy groups -OCH3 is 1. The Kier molecular flexibility index (Phi) is 6.40. The molecule has 0 spiro atoms. The average molecular weight is 576 g/mol. The minimum atomic E-state index is -5.69. The maximum atomic E-state index is 13.4. The van der Waals surface area contributed by atoms with E-state index in [0.29, 0.717) is 3.57 Å². The highest BCUT2D eigenvalue weighted by molar-refractivity contribution is 14.1. The third kappa shape index (κ3) is 3.89. The van der Waals surface area contributed by atoms with Crippen LogP contribution in [0.15, 0.2) is 12.1 Å². The van der Waals surface area contributed by atoms with E-state index in [2.05, 4.69) is 9.47 Å². The molecule has 1 aromatic carbocycles. The van der Waals surface area contributed by atoms with Crippen molar-refractivity contribution < 1.29 is 46.5 Å². The fraction of sp³-hybridized carbons (Fsp3) is 0.250. The first-order valence-corrected chi connectivity index (χ1v) is 7.80. The van der Waals surface area contributed by atoms with Gasteiger partial charge in [-0.2, -0.15) is 17.6 Å². The van der Waals surface area contributed by atoms with Crippen molar-refractivity contribution in [1.29, 1.82) is 0 Å². The van der Waals surface area contributed by atoms with Gasteiger partial charge in [-0.1, -0.05) is 0 Å². The quantitative estimate of drug-likeness (QED) is 0.251. The van der Waals surface area contributed by atoms with E-state index in [9.17, 15) is 31.9 Å². The number of carboxylic acid groups (broad SMARTS) is 1. The topological polar surface area (TPSA) is 89.9 Å². The van der Waals surface area contributed by atoms with Crippen LogP contribution < -0.4 is 4.74 Å². The highest BCUT2D eigenvalue weighted by Crippen LogP contribution is 2.37. The summed E-state index contributed by atoms with van der Waals surface area (Å²) < 4.78 is 61.9. The van der Waals surface area contributed by atoms with Crippen LogP contribution in [-0.2, 0) is 14.3 Å². The highest BCUT2D eigenvalue weighted by atomic mass is 127. The van der Waals surface area contributed by atoms with Gasteiger partial charge in [-0.15, -0.1) is 0 Å². The van der Waals surface area contributed by atoms with Crippen molar-refractivity contribution in [3.8, 4) is 5.75 Å². The van der Waals surface area contributed by atoms with E-state index in [1.807, 2.05) is 0 Å². The molecule has 132 valence electrons. The Morgan fingerprint density at radius 3 is 2.08 bits per heavy atom. The lowest BCUT2D eigenvalue weighted by atomic mass is 10.1. The number of carbonyl (C=O) groups excluding carboxylic acids is 2. The zero-order valence-electron chi connectivity index (χ0n) is 11.4. The molecule has 0 amide bonds. The monoisotopic (exact) mass is 576 g/mol. The second-order valence-electron chi connectivity index (χ2n) is 4.10. The zero-order valence-corrected chi connectivity index (χ0v) is 15.7. The molecule has 0 saturated heterocycles. The number of esters is 2. The number of hydrogen-bond acceptors (Lipinski definition) is 5. The molecule has 0 radical (unpaired) electrons.